The van der Waals surface area contributed by atoms with Crippen molar-refractivity contribution in [3.63, 3.8) is 0 Å². The number of hydrogen-bond donors (Lipinski definition) is 1. The number of likely N-dealkylation sites (N-methyl/N-ethyl adjacent to an activating group) is 1. The Labute approximate surface area is 127 Å². The van der Waals surface area contributed by atoms with Gasteiger partial charge in [0.05, 0.1) is 6.04 Å². The maximum atomic E-state index is 12.2. The molecule has 1 N–H and O–H groups in total. The van der Waals surface area contributed by atoms with Crippen LogP contribution < -0.4 is 5.32 Å². The van der Waals surface area contributed by atoms with Crippen molar-refractivity contribution in [3.8, 4) is 0 Å². The molecule has 2 atom stereocenters. The van der Waals surface area contributed by atoms with Gasteiger partial charge in [-0.25, -0.2) is 0 Å². The second kappa shape index (κ2) is 6.72. The summed E-state index contributed by atoms with van der Waals surface area (Å²) in [5.41, 5.74) is 1.23. The van der Waals surface area contributed by atoms with Gasteiger partial charge >= 0.3 is 0 Å². The lowest BCUT2D eigenvalue weighted by Crippen LogP contribution is -2.43. The Kier molecular flexibility index (Phi) is 4.97. The molecule has 3 nitrogen and oxygen atoms in total. The number of rotatable bonds is 5. The Hall–Kier alpha value is -1.87. The summed E-state index contributed by atoms with van der Waals surface area (Å²) in [4.78, 5) is 13.9. The van der Waals surface area contributed by atoms with E-state index in [-0.39, 0.29) is 18.0 Å². The minimum atomic E-state index is -0.191. The smallest absolute Gasteiger partial charge is 0.239 e. The lowest BCUT2D eigenvalue weighted by molar-refractivity contribution is -0.131. The van der Waals surface area contributed by atoms with E-state index in [1.165, 1.54) is 16.3 Å². The largest absolute Gasteiger partial charge is 0.345 e. The molecule has 112 valence electrons. The average molecular weight is 284 g/mol. The van der Waals surface area contributed by atoms with Crippen molar-refractivity contribution in [1.29, 1.82) is 0 Å². The van der Waals surface area contributed by atoms with Crippen LogP contribution in [0.3, 0.4) is 0 Å². The van der Waals surface area contributed by atoms with E-state index < -0.39 is 0 Å². The van der Waals surface area contributed by atoms with Gasteiger partial charge in [-0.3, -0.25) is 10.1 Å². The van der Waals surface area contributed by atoms with Gasteiger partial charge in [-0.05, 0) is 37.1 Å². The van der Waals surface area contributed by atoms with Crippen molar-refractivity contribution >= 4 is 16.7 Å². The first-order valence-corrected chi connectivity index (χ1v) is 7.53. The van der Waals surface area contributed by atoms with Gasteiger partial charge in [-0.15, -0.1) is 0 Å². The van der Waals surface area contributed by atoms with Gasteiger partial charge in [0.1, 0.15) is 0 Å². The van der Waals surface area contributed by atoms with Crippen LogP contribution in [0.4, 0.5) is 0 Å². The SMILES string of the molecule is CCN(C)C(=O)C(C)NC(C)c1cccc2ccccc12. The molecule has 21 heavy (non-hydrogen) atoms. The predicted octanol–water partition coefficient (Wildman–Crippen LogP) is 3.36. The fraction of sp³-hybridized carbons (Fsp3) is 0.389. The van der Waals surface area contributed by atoms with E-state index in [9.17, 15) is 4.79 Å². The number of nitrogens with one attached hydrogen (secondary N) is 1. The molecule has 0 radical (unpaired) electrons. The minimum Gasteiger partial charge on any atom is -0.345 e. The third-order valence-corrected chi connectivity index (χ3v) is 4.01. The molecule has 0 heterocycles. The summed E-state index contributed by atoms with van der Waals surface area (Å²) in [6.45, 7) is 6.75. The first-order chi connectivity index (χ1) is 10.0. The topological polar surface area (TPSA) is 32.3 Å². The van der Waals surface area contributed by atoms with E-state index in [4.69, 9.17) is 0 Å². The Morgan fingerprint density at radius 2 is 1.81 bits per heavy atom. The molecule has 0 aliphatic heterocycles. The van der Waals surface area contributed by atoms with E-state index >= 15 is 0 Å². The molecule has 0 aliphatic rings. The summed E-state index contributed by atoms with van der Waals surface area (Å²) < 4.78 is 0. The fourth-order valence-corrected chi connectivity index (χ4v) is 2.65. The molecular formula is C18H24N2O. The van der Waals surface area contributed by atoms with Gasteiger partial charge in [-0.2, -0.15) is 0 Å². The highest BCUT2D eigenvalue weighted by Gasteiger charge is 2.19. The lowest BCUT2D eigenvalue weighted by Gasteiger charge is -2.24. The summed E-state index contributed by atoms with van der Waals surface area (Å²) in [6.07, 6.45) is 0. The first kappa shape index (κ1) is 15.5. The average Bonchev–Trinajstić information content (AvgIpc) is 2.52. The van der Waals surface area contributed by atoms with Crippen LogP contribution in [0.25, 0.3) is 10.8 Å². The van der Waals surface area contributed by atoms with Gasteiger partial charge < -0.3 is 4.90 Å². The molecule has 0 fully saturated rings. The normalized spacial score (nSPS) is 13.9. The standard InChI is InChI=1S/C18H24N2O/c1-5-20(4)18(21)14(3)19-13(2)16-12-8-10-15-9-6-7-11-17(15)16/h6-14,19H,5H2,1-4H3. The van der Waals surface area contributed by atoms with E-state index in [2.05, 4.69) is 48.6 Å². The van der Waals surface area contributed by atoms with Crippen LogP contribution >= 0.6 is 0 Å². The molecule has 0 aromatic heterocycles. The Morgan fingerprint density at radius 3 is 2.52 bits per heavy atom. The Morgan fingerprint density at radius 1 is 1.14 bits per heavy atom. The zero-order valence-electron chi connectivity index (χ0n) is 13.3. The molecule has 3 heteroatoms. The van der Waals surface area contributed by atoms with Crippen molar-refractivity contribution in [2.45, 2.75) is 32.9 Å². The molecule has 0 bridgehead atoms. The second-order valence-electron chi connectivity index (χ2n) is 5.53. The minimum absolute atomic E-state index is 0.125. The van der Waals surface area contributed by atoms with Crippen LogP contribution in [0.1, 0.15) is 32.4 Å². The molecule has 0 spiro atoms. The number of fused-ring (bicyclic) bond motifs is 1. The summed E-state index contributed by atoms with van der Waals surface area (Å²) >= 11 is 0. The summed E-state index contributed by atoms with van der Waals surface area (Å²) in [7, 11) is 1.84. The van der Waals surface area contributed by atoms with Crippen LogP contribution in [0, 0.1) is 0 Å². The molecule has 1 amide bonds. The number of carbonyl (C=O) groups excluding carboxylic acids is 1. The fourth-order valence-electron chi connectivity index (χ4n) is 2.65. The highest BCUT2D eigenvalue weighted by Crippen LogP contribution is 2.24. The van der Waals surface area contributed by atoms with Gasteiger partial charge in [0, 0.05) is 19.6 Å². The van der Waals surface area contributed by atoms with E-state index in [0.29, 0.717) is 0 Å². The van der Waals surface area contributed by atoms with E-state index in [1.54, 1.807) is 4.90 Å². The zero-order valence-corrected chi connectivity index (χ0v) is 13.3. The number of hydrogen-bond acceptors (Lipinski definition) is 2. The number of benzene rings is 2. The second-order valence-corrected chi connectivity index (χ2v) is 5.53. The molecular weight excluding hydrogens is 260 g/mol. The molecule has 0 aliphatic carbocycles. The van der Waals surface area contributed by atoms with E-state index in [1.807, 2.05) is 27.0 Å². The van der Waals surface area contributed by atoms with Gasteiger partial charge in [0.15, 0.2) is 0 Å². The highest BCUT2D eigenvalue weighted by molar-refractivity contribution is 5.86. The maximum Gasteiger partial charge on any atom is 0.239 e. The third-order valence-electron chi connectivity index (χ3n) is 4.01. The number of carbonyl (C=O) groups is 1. The van der Waals surface area contributed by atoms with Crippen LogP contribution in [-0.2, 0) is 4.79 Å². The van der Waals surface area contributed by atoms with Crippen LogP contribution in [0.5, 0.6) is 0 Å². The van der Waals surface area contributed by atoms with E-state index in [0.717, 1.165) is 6.54 Å². The van der Waals surface area contributed by atoms with Gasteiger partial charge in [0.25, 0.3) is 0 Å². The van der Waals surface area contributed by atoms with Gasteiger partial charge in [0.2, 0.25) is 5.91 Å². The molecule has 0 saturated carbocycles. The molecule has 2 aromatic carbocycles. The molecule has 0 saturated heterocycles. The van der Waals surface area contributed by atoms with Crippen LogP contribution in [0.15, 0.2) is 42.5 Å². The highest BCUT2D eigenvalue weighted by atomic mass is 16.2. The molecule has 2 unspecified atom stereocenters. The van der Waals surface area contributed by atoms with Crippen LogP contribution in [0.2, 0.25) is 0 Å². The first-order valence-electron chi connectivity index (χ1n) is 7.53. The molecule has 2 aromatic rings. The predicted molar refractivity (Wildman–Crippen MR) is 88.3 cm³/mol. The van der Waals surface area contributed by atoms with Crippen molar-refractivity contribution in [2.75, 3.05) is 13.6 Å². The van der Waals surface area contributed by atoms with Crippen molar-refractivity contribution in [2.24, 2.45) is 0 Å². The molecule has 2 rings (SSSR count). The van der Waals surface area contributed by atoms with Gasteiger partial charge in [-0.1, -0.05) is 42.5 Å². The van der Waals surface area contributed by atoms with Crippen molar-refractivity contribution < 1.29 is 4.79 Å². The summed E-state index contributed by atoms with van der Waals surface area (Å²) in [5, 5.41) is 5.88. The quantitative estimate of drug-likeness (QED) is 0.913. The van der Waals surface area contributed by atoms with Crippen molar-refractivity contribution in [3.05, 3.63) is 48.0 Å². The summed E-state index contributed by atoms with van der Waals surface area (Å²) in [6, 6.07) is 14.6. The zero-order chi connectivity index (χ0) is 15.4. The Balaban J connectivity index is 2.19. The monoisotopic (exact) mass is 284 g/mol. The number of nitrogens with zero attached hydrogens (tertiary/aromatic N) is 1. The Bertz CT molecular complexity index is 618. The van der Waals surface area contributed by atoms with Crippen molar-refractivity contribution in [1.82, 2.24) is 10.2 Å². The third kappa shape index (κ3) is 3.42. The maximum absolute atomic E-state index is 12.2. The lowest BCUT2D eigenvalue weighted by atomic mass is 9.99. The summed E-state index contributed by atoms with van der Waals surface area (Å²) in [5.74, 6) is 0.129. The van der Waals surface area contributed by atoms with Crippen LogP contribution in [-0.4, -0.2) is 30.4 Å². The number of amides is 1.